The first-order valence-electron chi connectivity index (χ1n) is 7.28. The molecular formula is C17H17N3O3S. The first kappa shape index (κ1) is 17.6. The third kappa shape index (κ3) is 5.18. The average molecular weight is 343 g/mol. The first-order chi connectivity index (χ1) is 11.4. The minimum atomic E-state index is -3.59. The number of hydrogen-bond donors (Lipinski definition) is 1. The van der Waals surface area contributed by atoms with Crippen LogP contribution in [0.25, 0.3) is 0 Å². The molecule has 0 bridgehead atoms. The average Bonchev–Trinajstić information content (AvgIpc) is 2.55. The molecule has 2 rings (SSSR count). The van der Waals surface area contributed by atoms with Gasteiger partial charge in [-0.1, -0.05) is 12.1 Å². The van der Waals surface area contributed by atoms with E-state index in [4.69, 9.17) is 5.26 Å². The number of aromatic nitrogens is 1. The zero-order valence-electron chi connectivity index (χ0n) is 13.1. The molecule has 0 aliphatic carbocycles. The molecule has 0 saturated carbocycles. The zero-order valence-corrected chi connectivity index (χ0v) is 14.0. The minimum Gasteiger partial charge on any atom is -0.349 e. The molecule has 6 nitrogen and oxygen atoms in total. The number of nitrogens with zero attached hydrogens (tertiary/aromatic N) is 2. The van der Waals surface area contributed by atoms with E-state index in [0.717, 1.165) is 5.56 Å². The van der Waals surface area contributed by atoms with Gasteiger partial charge in [-0.3, -0.25) is 9.78 Å². The molecule has 0 aliphatic heterocycles. The topological polar surface area (TPSA) is 99.9 Å². The lowest BCUT2D eigenvalue weighted by Gasteiger charge is -2.14. The molecule has 1 N–H and O–H groups in total. The van der Waals surface area contributed by atoms with Crippen LogP contribution in [0.1, 0.15) is 29.7 Å². The molecule has 0 fully saturated rings. The molecule has 2 aromatic rings. The van der Waals surface area contributed by atoms with E-state index < -0.39 is 21.5 Å². The van der Waals surface area contributed by atoms with Crippen molar-refractivity contribution in [3.8, 4) is 6.07 Å². The van der Waals surface area contributed by atoms with E-state index in [0.29, 0.717) is 11.1 Å². The molecular weight excluding hydrogens is 326 g/mol. The Morgan fingerprint density at radius 1 is 1.21 bits per heavy atom. The number of carbonyl (C=O) groups is 1. The van der Waals surface area contributed by atoms with E-state index >= 15 is 0 Å². The molecule has 1 atom stereocenters. The Kier molecular flexibility index (Phi) is 5.66. The molecule has 1 aromatic carbocycles. The van der Waals surface area contributed by atoms with Crippen LogP contribution in [0.3, 0.4) is 0 Å². The maximum absolute atomic E-state index is 12.1. The lowest BCUT2D eigenvalue weighted by atomic mass is 10.1. The molecule has 7 heteroatoms. The molecule has 1 heterocycles. The summed E-state index contributed by atoms with van der Waals surface area (Å²) in [5.41, 5.74) is 1.85. The van der Waals surface area contributed by atoms with E-state index in [1.54, 1.807) is 55.7 Å². The third-order valence-electron chi connectivity index (χ3n) is 3.40. The molecule has 1 aromatic heterocycles. The van der Waals surface area contributed by atoms with Gasteiger partial charge in [-0.05, 0) is 42.3 Å². The highest BCUT2D eigenvalue weighted by Crippen LogP contribution is 2.11. The second-order valence-electron chi connectivity index (χ2n) is 5.41. The quantitative estimate of drug-likeness (QED) is 0.861. The van der Waals surface area contributed by atoms with Crippen LogP contribution in [0.5, 0.6) is 0 Å². The summed E-state index contributed by atoms with van der Waals surface area (Å²) in [7, 11) is -3.59. The van der Waals surface area contributed by atoms with Crippen molar-refractivity contribution >= 4 is 15.7 Å². The summed E-state index contributed by atoms with van der Waals surface area (Å²) in [4.78, 5) is 15.9. The van der Waals surface area contributed by atoms with Gasteiger partial charge in [-0.15, -0.1) is 0 Å². The summed E-state index contributed by atoms with van der Waals surface area (Å²) >= 11 is 0. The highest BCUT2D eigenvalue weighted by molar-refractivity contribution is 7.91. The van der Waals surface area contributed by atoms with Crippen molar-refractivity contribution in [1.29, 1.82) is 5.26 Å². The highest BCUT2D eigenvalue weighted by atomic mass is 32.2. The van der Waals surface area contributed by atoms with Crippen molar-refractivity contribution in [3.63, 3.8) is 0 Å². The fourth-order valence-electron chi connectivity index (χ4n) is 2.20. The van der Waals surface area contributed by atoms with Crippen molar-refractivity contribution in [2.24, 2.45) is 0 Å². The monoisotopic (exact) mass is 343 g/mol. The van der Waals surface area contributed by atoms with Crippen LogP contribution >= 0.6 is 0 Å². The largest absolute Gasteiger partial charge is 0.349 e. The Morgan fingerprint density at radius 2 is 1.83 bits per heavy atom. The molecule has 1 amide bonds. The fraction of sp³-hybridized carbons (Fsp3) is 0.235. The number of pyridine rings is 1. The Hall–Kier alpha value is -2.72. The number of benzene rings is 1. The van der Waals surface area contributed by atoms with E-state index in [2.05, 4.69) is 10.3 Å². The summed E-state index contributed by atoms with van der Waals surface area (Å²) in [6.07, 6.45) is 3.22. The molecule has 0 unspecified atom stereocenters. The number of rotatable bonds is 6. The number of hydrogen-bond acceptors (Lipinski definition) is 5. The van der Waals surface area contributed by atoms with E-state index in [-0.39, 0.29) is 11.8 Å². The second kappa shape index (κ2) is 7.70. The number of nitrogens with one attached hydrogen (secondary N) is 1. The van der Waals surface area contributed by atoms with Gasteiger partial charge in [-0.25, -0.2) is 8.42 Å². The third-order valence-corrected chi connectivity index (χ3v) is 4.88. The molecule has 124 valence electrons. The van der Waals surface area contributed by atoms with Crippen molar-refractivity contribution in [2.45, 2.75) is 18.7 Å². The van der Waals surface area contributed by atoms with Gasteiger partial charge in [0.1, 0.15) is 5.75 Å². The summed E-state index contributed by atoms with van der Waals surface area (Å²) in [6, 6.07) is 11.4. The molecule has 0 saturated heterocycles. The van der Waals surface area contributed by atoms with Crippen LogP contribution in [0, 0.1) is 11.3 Å². The van der Waals surface area contributed by atoms with E-state index in [9.17, 15) is 13.2 Å². The van der Waals surface area contributed by atoms with Crippen LogP contribution in [0.2, 0.25) is 0 Å². The minimum absolute atomic E-state index is 0.240. The Morgan fingerprint density at radius 3 is 2.42 bits per heavy atom. The van der Waals surface area contributed by atoms with Crippen LogP contribution in [0.15, 0.2) is 48.8 Å². The lowest BCUT2D eigenvalue weighted by Crippen LogP contribution is -2.32. The first-order valence-corrected chi connectivity index (χ1v) is 9.10. The Balaban J connectivity index is 1.95. The zero-order chi connectivity index (χ0) is 17.6. The molecule has 24 heavy (non-hydrogen) atoms. The molecule has 0 radical (unpaired) electrons. The predicted octanol–water partition coefficient (Wildman–Crippen LogP) is 1.75. The second-order valence-corrected chi connectivity index (χ2v) is 7.48. The van der Waals surface area contributed by atoms with Crippen LogP contribution in [-0.4, -0.2) is 25.1 Å². The van der Waals surface area contributed by atoms with Gasteiger partial charge in [0.25, 0.3) is 0 Å². The van der Waals surface area contributed by atoms with Crippen LogP contribution in [0.4, 0.5) is 0 Å². The van der Waals surface area contributed by atoms with E-state index in [1.807, 2.05) is 6.07 Å². The van der Waals surface area contributed by atoms with Gasteiger partial charge in [0.2, 0.25) is 5.91 Å². The molecule has 0 spiro atoms. The van der Waals surface area contributed by atoms with E-state index in [1.165, 1.54) is 0 Å². The van der Waals surface area contributed by atoms with Gasteiger partial charge in [-0.2, -0.15) is 5.26 Å². The lowest BCUT2D eigenvalue weighted by molar-refractivity contribution is -0.119. The van der Waals surface area contributed by atoms with Gasteiger partial charge in [0.15, 0.2) is 9.84 Å². The van der Waals surface area contributed by atoms with Gasteiger partial charge < -0.3 is 5.32 Å². The standard InChI is InChI=1S/C17H17N3O3S/c1-13(16-6-8-19-9-7-16)20-17(21)12-24(22,23)11-15-4-2-14(10-18)3-5-15/h2-9,13H,11-12H2,1H3,(H,20,21)/t13-/m1/s1. The van der Waals surface area contributed by atoms with Gasteiger partial charge in [0, 0.05) is 12.4 Å². The number of carbonyl (C=O) groups excluding carboxylic acids is 1. The van der Waals surface area contributed by atoms with Crippen molar-refractivity contribution < 1.29 is 13.2 Å². The van der Waals surface area contributed by atoms with Gasteiger partial charge >= 0.3 is 0 Å². The van der Waals surface area contributed by atoms with Crippen LogP contribution in [-0.2, 0) is 20.4 Å². The van der Waals surface area contributed by atoms with Gasteiger partial charge in [0.05, 0.1) is 23.4 Å². The summed E-state index contributed by atoms with van der Waals surface area (Å²) in [6.45, 7) is 1.78. The summed E-state index contributed by atoms with van der Waals surface area (Å²) in [5, 5.41) is 11.4. The SMILES string of the molecule is C[C@@H](NC(=O)CS(=O)(=O)Cc1ccc(C#N)cc1)c1ccncc1. The summed E-state index contributed by atoms with van der Waals surface area (Å²) in [5.74, 6) is -1.37. The Bertz CT molecular complexity index is 841. The smallest absolute Gasteiger partial charge is 0.235 e. The maximum Gasteiger partial charge on any atom is 0.235 e. The van der Waals surface area contributed by atoms with Crippen molar-refractivity contribution in [2.75, 3.05) is 5.75 Å². The Labute approximate surface area is 141 Å². The van der Waals surface area contributed by atoms with Crippen molar-refractivity contribution in [1.82, 2.24) is 10.3 Å². The predicted molar refractivity (Wildman–Crippen MR) is 89.4 cm³/mol. The summed E-state index contributed by atoms with van der Waals surface area (Å²) < 4.78 is 24.3. The normalized spacial score (nSPS) is 12.2. The van der Waals surface area contributed by atoms with Crippen molar-refractivity contribution in [3.05, 3.63) is 65.5 Å². The highest BCUT2D eigenvalue weighted by Gasteiger charge is 2.19. The molecule has 0 aliphatic rings. The maximum atomic E-state index is 12.1. The fourth-order valence-corrected chi connectivity index (χ4v) is 3.48. The number of amides is 1. The number of sulfone groups is 1. The van der Waals surface area contributed by atoms with Crippen LogP contribution < -0.4 is 5.32 Å². The number of nitriles is 1.